The smallest absolute Gasteiger partial charge is 0.150 e. The van der Waals surface area contributed by atoms with E-state index < -0.39 is 11.6 Å². The van der Waals surface area contributed by atoms with Crippen molar-refractivity contribution in [1.82, 2.24) is 0 Å². The van der Waals surface area contributed by atoms with Gasteiger partial charge in [-0.15, -0.1) is 0 Å². The minimum Gasteiger partial charge on any atom is -0.394 e. The number of benzene rings is 1. The van der Waals surface area contributed by atoms with E-state index >= 15 is 0 Å². The number of nitrogens with one attached hydrogen (secondary N) is 1. The summed E-state index contributed by atoms with van der Waals surface area (Å²) in [5.41, 5.74) is 5.08. The van der Waals surface area contributed by atoms with Gasteiger partial charge >= 0.3 is 0 Å². The van der Waals surface area contributed by atoms with E-state index in [2.05, 4.69) is 0 Å². The van der Waals surface area contributed by atoms with Crippen molar-refractivity contribution >= 4 is 11.5 Å². The van der Waals surface area contributed by atoms with Crippen molar-refractivity contribution in [2.24, 2.45) is 5.73 Å². The fourth-order valence-corrected chi connectivity index (χ4v) is 2.32. The zero-order chi connectivity index (χ0) is 13.3. The fraction of sp³-hybridized carbons (Fsp3) is 0.417. The first kappa shape index (κ1) is 12.8. The zero-order valence-electron chi connectivity index (χ0n) is 9.79. The van der Waals surface area contributed by atoms with Gasteiger partial charge in [0.1, 0.15) is 23.2 Å². The number of hydrogen-bond donors (Lipinski definition) is 3. The van der Waals surface area contributed by atoms with Gasteiger partial charge in [-0.3, -0.25) is 5.41 Å². The Morgan fingerprint density at radius 3 is 2.56 bits per heavy atom. The molecule has 1 fully saturated rings. The fourth-order valence-electron chi connectivity index (χ4n) is 2.32. The molecule has 1 aliphatic heterocycles. The number of hydrogen-bond acceptors (Lipinski definition) is 3. The Labute approximate surface area is 104 Å². The number of anilines is 1. The van der Waals surface area contributed by atoms with Crippen molar-refractivity contribution in [2.45, 2.75) is 18.9 Å². The molecule has 0 aromatic heterocycles. The normalized spacial score (nSPS) is 19.3. The lowest BCUT2D eigenvalue weighted by molar-refractivity contribution is 0.265. The van der Waals surface area contributed by atoms with Crippen molar-refractivity contribution in [3.8, 4) is 0 Å². The van der Waals surface area contributed by atoms with E-state index in [4.69, 9.17) is 11.1 Å². The van der Waals surface area contributed by atoms with Crippen LogP contribution < -0.4 is 10.6 Å². The van der Waals surface area contributed by atoms with E-state index in [-0.39, 0.29) is 29.7 Å². The second kappa shape index (κ2) is 4.89. The standard InChI is InChI=1S/C12H15F2N3O/c13-9-4-7(12(15)16)5-10(14)11(9)17-3-1-2-8(17)6-18/h4-5,8,18H,1-3,6H2,(H3,15,16). The number of nitrogens with two attached hydrogens (primary N) is 1. The Bertz CT molecular complexity index is 455. The van der Waals surface area contributed by atoms with Crippen LogP contribution in [0.5, 0.6) is 0 Å². The van der Waals surface area contributed by atoms with E-state index in [1.54, 1.807) is 0 Å². The van der Waals surface area contributed by atoms with Gasteiger partial charge in [0.15, 0.2) is 0 Å². The maximum absolute atomic E-state index is 13.9. The van der Waals surface area contributed by atoms with E-state index in [0.29, 0.717) is 13.0 Å². The first-order valence-electron chi connectivity index (χ1n) is 5.75. The molecule has 2 rings (SSSR count). The summed E-state index contributed by atoms with van der Waals surface area (Å²) in [7, 11) is 0. The predicted octanol–water partition coefficient (Wildman–Crippen LogP) is 1.21. The van der Waals surface area contributed by atoms with Crippen LogP contribution in [0.1, 0.15) is 18.4 Å². The summed E-state index contributed by atoms with van der Waals surface area (Å²) in [6.07, 6.45) is 1.50. The lowest BCUT2D eigenvalue weighted by Crippen LogP contribution is -2.33. The van der Waals surface area contributed by atoms with Crippen molar-refractivity contribution in [1.29, 1.82) is 5.41 Å². The highest BCUT2D eigenvalue weighted by Gasteiger charge is 2.28. The minimum absolute atomic E-state index is 0.0218. The highest BCUT2D eigenvalue weighted by atomic mass is 19.1. The molecule has 0 saturated carbocycles. The van der Waals surface area contributed by atoms with Crippen LogP contribution in [0.25, 0.3) is 0 Å². The zero-order valence-corrected chi connectivity index (χ0v) is 9.79. The largest absolute Gasteiger partial charge is 0.394 e. The molecule has 98 valence electrons. The van der Waals surface area contributed by atoms with Crippen molar-refractivity contribution in [2.75, 3.05) is 18.1 Å². The molecule has 1 unspecified atom stereocenters. The van der Waals surface area contributed by atoms with E-state index in [1.807, 2.05) is 0 Å². The van der Waals surface area contributed by atoms with E-state index in [9.17, 15) is 13.9 Å². The molecule has 18 heavy (non-hydrogen) atoms. The molecule has 4 nitrogen and oxygen atoms in total. The molecule has 1 saturated heterocycles. The summed E-state index contributed by atoms with van der Waals surface area (Å²) >= 11 is 0. The van der Waals surface area contributed by atoms with Gasteiger partial charge in [-0.25, -0.2) is 8.78 Å². The first-order valence-corrected chi connectivity index (χ1v) is 5.75. The molecule has 6 heteroatoms. The summed E-state index contributed by atoms with van der Waals surface area (Å²) in [6.45, 7) is 0.381. The monoisotopic (exact) mass is 255 g/mol. The molecule has 1 aliphatic rings. The number of aliphatic hydroxyl groups excluding tert-OH is 1. The molecule has 1 heterocycles. The van der Waals surface area contributed by atoms with Crippen LogP contribution in [-0.2, 0) is 0 Å². The number of aliphatic hydroxyl groups is 1. The minimum atomic E-state index is -0.749. The summed E-state index contributed by atoms with van der Waals surface area (Å²) in [5, 5.41) is 16.4. The second-order valence-electron chi connectivity index (χ2n) is 4.37. The maximum atomic E-state index is 13.9. The van der Waals surface area contributed by atoms with Gasteiger partial charge in [-0.1, -0.05) is 0 Å². The molecular formula is C12H15F2N3O. The molecule has 0 radical (unpaired) electrons. The molecule has 4 N–H and O–H groups in total. The molecule has 1 atom stereocenters. The third-order valence-corrected chi connectivity index (χ3v) is 3.20. The SMILES string of the molecule is N=C(N)c1cc(F)c(N2CCCC2CO)c(F)c1. The van der Waals surface area contributed by atoms with Crippen LogP contribution in [0, 0.1) is 17.0 Å². The maximum Gasteiger partial charge on any atom is 0.150 e. The Hall–Kier alpha value is -1.69. The molecule has 1 aromatic carbocycles. The summed E-state index contributed by atoms with van der Waals surface area (Å²) in [5.74, 6) is -1.87. The van der Waals surface area contributed by atoms with E-state index in [1.165, 1.54) is 4.90 Å². The number of halogens is 2. The Balaban J connectivity index is 2.42. The molecule has 0 bridgehead atoms. The second-order valence-corrected chi connectivity index (χ2v) is 4.37. The quantitative estimate of drug-likeness (QED) is 0.561. The van der Waals surface area contributed by atoms with Gasteiger partial charge < -0.3 is 15.7 Å². The Morgan fingerprint density at radius 1 is 1.44 bits per heavy atom. The van der Waals surface area contributed by atoms with Gasteiger partial charge in [-0.2, -0.15) is 0 Å². The number of amidine groups is 1. The number of nitrogen functional groups attached to an aromatic ring is 1. The van der Waals surface area contributed by atoms with Gasteiger partial charge in [-0.05, 0) is 25.0 Å². The lowest BCUT2D eigenvalue weighted by atomic mass is 10.1. The predicted molar refractivity (Wildman–Crippen MR) is 64.8 cm³/mol. The molecule has 0 amide bonds. The van der Waals surface area contributed by atoms with Crippen molar-refractivity contribution in [3.05, 3.63) is 29.3 Å². The molecule has 0 spiro atoms. The van der Waals surface area contributed by atoms with Crippen LogP contribution in [0.4, 0.5) is 14.5 Å². The van der Waals surface area contributed by atoms with Crippen LogP contribution in [0.15, 0.2) is 12.1 Å². The third-order valence-electron chi connectivity index (χ3n) is 3.20. The topological polar surface area (TPSA) is 73.3 Å². The Kier molecular flexibility index (Phi) is 3.47. The van der Waals surface area contributed by atoms with Crippen LogP contribution >= 0.6 is 0 Å². The van der Waals surface area contributed by atoms with Gasteiger partial charge in [0.25, 0.3) is 0 Å². The van der Waals surface area contributed by atoms with Gasteiger partial charge in [0, 0.05) is 12.1 Å². The van der Waals surface area contributed by atoms with E-state index in [0.717, 1.165) is 18.6 Å². The van der Waals surface area contributed by atoms with Crippen LogP contribution in [0.3, 0.4) is 0 Å². The average Bonchev–Trinajstić information content (AvgIpc) is 2.76. The van der Waals surface area contributed by atoms with Crippen LogP contribution in [0.2, 0.25) is 0 Å². The third kappa shape index (κ3) is 2.15. The highest BCUT2D eigenvalue weighted by molar-refractivity contribution is 5.95. The lowest BCUT2D eigenvalue weighted by Gasteiger charge is -2.26. The summed E-state index contributed by atoms with van der Waals surface area (Å²) in [6, 6.07) is 1.85. The van der Waals surface area contributed by atoms with Gasteiger partial charge in [0.05, 0.1) is 12.6 Å². The Morgan fingerprint density at radius 2 is 2.06 bits per heavy atom. The van der Waals surface area contributed by atoms with Crippen molar-refractivity contribution in [3.63, 3.8) is 0 Å². The van der Waals surface area contributed by atoms with Crippen LogP contribution in [-0.4, -0.2) is 30.1 Å². The highest BCUT2D eigenvalue weighted by Crippen LogP contribution is 2.31. The number of nitrogens with zero attached hydrogens (tertiary/aromatic N) is 1. The number of rotatable bonds is 3. The molecule has 0 aliphatic carbocycles. The van der Waals surface area contributed by atoms with Gasteiger partial charge in [0.2, 0.25) is 0 Å². The average molecular weight is 255 g/mol. The molecular weight excluding hydrogens is 240 g/mol. The first-order chi connectivity index (χ1) is 8.54. The summed E-state index contributed by atoms with van der Waals surface area (Å²) < 4.78 is 27.8. The summed E-state index contributed by atoms with van der Waals surface area (Å²) in [4.78, 5) is 1.54. The van der Waals surface area contributed by atoms with Crippen molar-refractivity contribution < 1.29 is 13.9 Å². The molecule has 1 aromatic rings.